The van der Waals surface area contributed by atoms with Crippen molar-refractivity contribution in [2.75, 3.05) is 32.1 Å². The molecule has 0 spiro atoms. The Morgan fingerprint density at radius 2 is 1.37 bits per heavy atom. The Labute approximate surface area is 667 Å². The minimum Gasteiger partial charge on any atom is -0.508 e. The number of carbonyl (C=O) groups excluding carboxylic acids is 9. The van der Waals surface area contributed by atoms with Gasteiger partial charge in [0, 0.05) is 48.4 Å². The number of rotatable bonds is 20. The van der Waals surface area contributed by atoms with E-state index in [0.29, 0.717) is 24.5 Å². The lowest BCUT2D eigenvalue weighted by molar-refractivity contribution is -0.334. The van der Waals surface area contributed by atoms with Crippen molar-refractivity contribution < 1.29 is 132 Å². The molecule has 7 heterocycles. The maximum absolute atomic E-state index is 16.2. The Bertz CT molecular complexity index is 4760. The van der Waals surface area contributed by atoms with Crippen LogP contribution in [0.5, 0.6) is 51.7 Å². The summed E-state index contributed by atoms with van der Waals surface area (Å²) in [6, 6.07) is 6.98. The number of hydrogen-bond donors (Lipinski definition) is 20. The third-order valence-electron chi connectivity index (χ3n) is 19.5. The Hall–Kier alpha value is -10.7. The highest BCUT2D eigenvalue weighted by molar-refractivity contribution is 8.13. The number of aliphatic hydroxyl groups is 6. The van der Waals surface area contributed by atoms with Crippen LogP contribution in [-0.4, -0.2) is 214 Å². The van der Waals surface area contributed by atoms with Gasteiger partial charge in [-0.3, -0.25) is 47.9 Å². The normalized spacial score (nSPS) is 26.8. The lowest BCUT2D eigenvalue weighted by Gasteiger charge is -2.48. The van der Waals surface area contributed by atoms with Gasteiger partial charge < -0.3 is 138 Å². The molecule has 22 N–H and O–H groups in total. The Morgan fingerprint density at radius 3 is 2.01 bits per heavy atom. The van der Waals surface area contributed by atoms with Crippen molar-refractivity contribution in [3.8, 4) is 62.9 Å². The number of ether oxygens (including phenoxy) is 7. The number of phenolic OH excluding ortho intramolecular Hbond substituents is 3. The molecule has 0 aliphatic carbocycles. The number of hydrogen-bond acceptors (Lipinski definition) is 29. The van der Waals surface area contributed by atoms with E-state index in [0.717, 1.165) is 78.4 Å². The fourth-order valence-corrected chi connectivity index (χ4v) is 14.6. The van der Waals surface area contributed by atoms with Crippen molar-refractivity contribution in [2.24, 2.45) is 11.5 Å². The summed E-state index contributed by atoms with van der Waals surface area (Å²) >= 11 is 15.4. The second-order valence-corrected chi connectivity index (χ2v) is 29.8. The largest absolute Gasteiger partial charge is 0.508 e. The van der Waals surface area contributed by atoms with Crippen molar-refractivity contribution >= 4 is 93.3 Å². The molecular formula is C75H82Cl2N10O27S. The first-order valence-electron chi connectivity index (χ1n) is 35.7. The molecule has 0 aromatic heterocycles. The zero-order valence-corrected chi connectivity index (χ0v) is 63.5. The number of carboxylic acid groups (broad SMARTS) is 1. The van der Waals surface area contributed by atoms with Gasteiger partial charge in [-0.2, -0.15) is 0 Å². The van der Waals surface area contributed by atoms with Gasteiger partial charge in [0.1, 0.15) is 108 Å². The molecule has 7 aliphatic rings. The summed E-state index contributed by atoms with van der Waals surface area (Å²) in [5.41, 5.74) is 7.75. The minimum absolute atomic E-state index is 0.0213. The molecule has 6 aromatic rings. The molecule has 17 atom stereocenters. The molecule has 6 aromatic carbocycles. The fourth-order valence-electron chi connectivity index (χ4n) is 13.6. The van der Waals surface area contributed by atoms with Crippen LogP contribution < -0.4 is 72.9 Å². The molecular weight excluding hydrogens is 1580 g/mol. The van der Waals surface area contributed by atoms with Crippen LogP contribution in [0.1, 0.15) is 104 Å². The summed E-state index contributed by atoms with van der Waals surface area (Å²) in [4.78, 5) is 141. The van der Waals surface area contributed by atoms with Gasteiger partial charge in [0.15, 0.2) is 29.0 Å². The molecule has 0 unspecified atom stereocenters. The van der Waals surface area contributed by atoms with Crippen LogP contribution in [-0.2, 0) is 68.7 Å². The lowest BCUT2D eigenvalue weighted by Crippen LogP contribution is -2.65. The van der Waals surface area contributed by atoms with E-state index in [1.807, 2.05) is 6.07 Å². The number of fused-ring (bicyclic) bond motifs is 15. The number of aliphatic carboxylic acids is 1. The number of phenols is 3. The van der Waals surface area contributed by atoms with Crippen LogP contribution >= 0.6 is 35.0 Å². The highest BCUT2D eigenvalue weighted by Crippen LogP contribution is 2.50. The number of benzene rings is 6. The number of aromatic hydroxyl groups is 3. The first-order chi connectivity index (χ1) is 54.6. The maximum atomic E-state index is 16.2. The summed E-state index contributed by atoms with van der Waals surface area (Å²) in [6.45, 7) is 2.30. The smallest absolute Gasteiger partial charge is 0.322 e. The van der Waals surface area contributed by atoms with E-state index in [4.69, 9.17) is 67.8 Å². The molecule has 8 amide bonds. The van der Waals surface area contributed by atoms with Crippen LogP contribution in [0.2, 0.25) is 10.0 Å². The average molecular weight is 1660 g/mol. The quantitative estimate of drug-likeness (QED) is 0.0461. The number of carbonyl (C=O) groups is 10. The van der Waals surface area contributed by atoms with Crippen molar-refractivity contribution in [1.29, 1.82) is 0 Å². The number of thioether (sulfide) groups is 1. The molecule has 11 bridgehead atoms. The zero-order valence-electron chi connectivity index (χ0n) is 61.1. The fraction of sp³-hybridized carbons (Fsp3) is 0.387. The van der Waals surface area contributed by atoms with Gasteiger partial charge in [0.05, 0.1) is 48.4 Å². The van der Waals surface area contributed by atoms with Crippen molar-refractivity contribution in [3.63, 3.8) is 0 Å². The highest BCUT2D eigenvalue weighted by atomic mass is 35.5. The Morgan fingerprint density at radius 1 is 0.713 bits per heavy atom. The van der Waals surface area contributed by atoms with Gasteiger partial charge in [-0.15, -0.1) is 0 Å². The topological polar surface area (TPSA) is 586 Å². The van der Waals surface area contributed by atoms with Crippen LogP contribution in [0.4, 0.5) is 0 Å². The molecule has 0 radical (unpaired) electrons. The van der Waals surface area contributed by atoms with Gasteiger partial charge in [-0.25, -0.2) is 0 Å². The number of aliphatic hydroxyl groups excluding tert-OH is 6. The van der Waals surface area contributed by atoms with Crippen LogP contribution in [0, 0.1) is 0 Å². The average Bonchev–Trinajstić information content (AvgIpc) is 0.765. The Kier molecular flexibility index (Phi) is 27.0. The summed E-state index contributed by atoms with van der Waals surface area (Å²) in [5, 5.41) is 134. The van der Waals surface area contributed by atoms with Crippen molar-refractivity contribution in [3.05, 3.63) is 147 Å². The first-order valence-corrected chi connectivity index (χ1v) is 37.4. The van der Waals surface area contributed by atoms with E-state index in [2.05, 4.69) is 42.5 Å². The van der Waals surface area contributed by atoms with Crippen molar-refractivity contribution in [1.82, 2.24) is 42.5 Å². The summed E-state index contributed by atoms with van der Waals surface area (Å²) in [5.74, 6) is -16.6. The van der Waals surface area contributed by atoms with E-state index in [1.54, 1.807) is 32.0 Å². The second-order valence-electron chi connectivity index (χ2n) is 27.7. The minimum atomic E-state index is -2.39. The van der Waals surface area contributed by atoms with Crippen LogP contribution in [0.3, 0.4) is 0 Å². The molecule has 115 heavy (non-hydrogen) atoms. The molecule has 0 saturated carbocycles. The number of nitrogens with one attached hydrogen (secondary N) is 8. The zero-order chi connectivity index (χ0) is 83.2. The van der Waals surface area contributed by atoms with Crippen molar-refractivity contribution in [2.45, 2.75) is 150 Å². The van der Waals surface area contributed by atoms with Gasteiger partial charge in [-0.1, -0.05) is 65.3 Å². The molecule has 614 valence electrons. The maximum Gasteiger partial charge on any atom is 0.322 e. The predicted molar refractivity (Wildman–Crippen MR) is 401 cm³/mol. The van der Waals surface area contributed by atoms with Crippen LogP contribution in [0.15, 0.2) is 103 Å². The van der Waals surface area contributed by atoms with Crippen LogP contribution in [0.25, 0.3) is 11.1 Å². The third kappa shape index (κ3) is 19.6. The standard InChI is InChI=1S/C75H82Cl2N10O27S/c1-30-67(101)75(3,81-27-32-6-4-7-38(16-32)108-14-5-15-115-31(2)89)25-54(109-30)113-66-64(100)63(99)50(29-88)112-74(66)114-65-48-20-36-21-49(65)111-47-13-10-35(19-42(47)77)62(98)60-73(107)86-58(69(103)80-28-53(95)96)40-22-37(90)23-45(92)55(40)39-17-33(8-11-44(39)91)56(70(104)87-60)85-71(105)57(36)84-68(102)43(24-51(79)93)82-72(106)59(83-52(94)26-78)61(97)34-9-12-46(110-48)41(76)18-34/h4,6-13,16-23,30,43,50,54,56-64,66-67,74,81,88,90-92,97-101H,5,14-15,24-29,78H2,1-3H3,(H2,79,93)(H,80,103)(H,82,106)(H,83,94)(H,84,102)(H,85,105)(H,86,107)(H,87,104)(H,95,96)/t30-,43-,50+,54-,56+,57+,58-,59+,60-,61+,62+,63+,64-,66+,67+,74-,75-/m0/s1. The molecule has 13 rings (SSSR count). The first kappa shape index (κ1) is 85.2. The number of nitrogens with two attached hydrogens (primary N) is 2. The SMILES string of the molecule is CC(=O)SCCCOc1cccc(CN[C@@]2(C)C[C@H](O[C@H]3[C@H](Oc4c5cc6cc4Oc4ccc(cc4Cl)[C@@H](O)[C@@H](NC(=O)CN)C(=O)N[C@@H](CC(N)=O)C(=O)N[C@H]6C(=O)N[C@H]4C(=O)N[C@H](C(=O)N[C@H](C(=O)NCC(=O)O)c6cc(O)cc(O)c6-c6cc4ccc6O)[C@H](O)c4ccc(c(Cl)c4)O5)O[C@H](CO)[C@@H](O)[C@@H]3O)O[C@@H](C)[C@H]2O)c1. The van der Waals surface area contributed by atoms with Gasteiger partial charge >= 0.3 is 5.97 Å². The van der Waals surface area contributed by atoms with Gasteiger partial charge in [-0.05, 0) is 120 Å². The van der Waals surface area contributed by atoms with E-state index < -0.39 is 261 Å². The molecule has 2 fully saturated rings. The Balaban J connectivity index is 1.09. The van der Waals surface area contributed by atoms with E-state index >= 15 is 19.2 Å². The number of amides is 8. The van der Waals surface area contributed by atoms with E-state index in [1.165, 1.54) is 24.8 Å². The summed E-state index contributed by atoms with van der Waals surface area (Å²) in [6.07, 6.45) is -18.7. The molecule has 7 aliphatic heterocycles. The summed E-state index contributed by atoms with van der Waals surface area (Å²) < 4.78 is 45.2. The predicted octanol–water partition coefficient (Wildman–Crippen LogP) is 0.427. The highest BCUT2D eigenvalue weighted by Gasteiger charge is 2.52. The lowest BCUT2D eigenvalue weighted by atomic mass is 9.84. The number of carboxylic acids is 1. The molecule has 37 nitrogen and oxygen atoms in total. The van der Waals surface area contributed by atoms with Gasteiger partial charge in [0.2, 0.25) is 59.3 Å². The molecule has 2 saturated heterocycles. The monoisotopic (exact) mass is 1660 g/mol. The third-order valence-corrected chi connectivity index (χ3v) is 20.9. The van der Waals surface area contributed by atoms with Gasteiger partial charge in [0.25, 0.3) is 0 Å². The second kappa shape index (κ2) is 36.4. The van der Waals surface area contributed by atoms with E-state index in [-0.39, 0.29) is 35.0 Å². The number of primary amides is 1. The number of halogens is 2. The van der Waals surface area contributed by atoms with E-state index in [9.17, 15) is 79.8 Å². The molecule has 40 heteroatoms. The summed E-state index contributed by atoms with van der Waals surface area (Å²) in [7, 11) is 0.